The molecular weight excluding hydrogens is 792 g/mol. The van der Waals surface area contributed by atoms with Crippen molar-refractivity contribution in [2.45, 2.75) is 119 Å². The molecule has 0 aliphatic carbocycles. The van der Waals surface area contributed by atoms with Crippen LogP contribution in [0.4, 0.5) is 11.4 Å². The van der Waals surface area contributed by atoms with E-state index in [0.29, 0.717) is 0 Å². The van der Waals surface area contributed by atoms with Crippen LogP contribution in [0.25, 0.3) is 24.3 Å². The molecule has 54 heavy (non-hydrogen) atoms. The van der Waals surface area contributed by atoms with Crippen molar-refractivity contribution in [3.63, 3.8) is 0 Å². The minimum Gasteiger partial charge on any atom is -1.00 e. The van der Waals surface area contributed by atoms with Gasteiger partial charge < -0.3 is 43.8 Å². The van der Waals surface area contributed by atoms with E-state index in [9.17, 15) is 0 Å². The Bertz CT molecular complexity index is 1530. The number of hydrogen-bond donors (Lipinski definition) is 0. The van der Waals surface area contributed by atoms with Gasteiger partial charge in [0.15, 0.2) is 24.8 Å². The highest BCUT2D eigenvalue weighted by molar-refractivity contribution is 5.72. The van der Waals surface area contributed by atoms with Gasteiger partial charge in [0.2, 0.25) is 0 Å². The van der Waals surface area contributed by atoms with Gasteiger partial charge in [0, 0.05) is 73.7 Å². The molecule has 4 nitrogen and oxygen atoms in total. The highest BCUT2D eigenvalue weighted by Gasteiger charge is 2.07. The lowest BCUT2D eigenvalue weighted by Crippen LogP contribution is -3.00. The van der Waals surface area contributed by atoms with Crippen LogP contribution in [0.2, 0.25) is 0 Å². The summed E-state index contributed by atoms with van der Waals surface area (Å²) in [5.74, 6) is 0. The van der Waals surface area contributed by atoms with Crippen LogP contribution >= 0.6 is 0 Å². The van der Waals surface area contributed by atoms with E-state index in [2.05, 4.69) is 170 Å². The Labute approximate surface area is 350 Å². The SMILES string of the molecule is CCN(CC)c1ccc(/C=C/c2cc[n+](CCCCCCCCCCCC[n+]3ccc(/C=C/c4ccc(N(CC)CC)cc4)c(C)c3)cc2C)cc1.[Br-].[Br-]. The number of nitrogens with zero attached hydrogens (tertiary/aromatic N) is 4. The molecule has 0 fully saturated rings. The molecule has 4 aromatic rings. The minimum absolute atomic E-state index is 0. The van der Waals surface area contributed by atoms with Crippen LogP contribution in [0, 0.1) is 13.8 Å². The number of aromatic nitrogens is 2. The second-order valence-corrected chi connectivity index (χ2v) is 14.4. The first-order valence-corrected chi connectivity index (χ1v) is 20.5. The van der Waals surface area contributed by atoms with Gasteiger partial charge in [-0.1, -0.05) is 87.1 Å². The van der Waals surface area contributed by atoms with Crippen LogP contribution in [-0.4, -0.2) is 26.2 Å². The predicted molar refractivity (Wildman–Crippen MR) is 227 cm³/mol. The van der Waals surface area contributed by atoms with Crippen molar-refractivity contribution in [2.75, 3.05) is 36.0 Å². The monoisotopic (exact) mass is 858 g/mol. The number of rotatable bonds is 23. The van der Waals surface area contributed by atoms with Gasteiger partial charge in [-0.3, -0.25) is 0 Å². The summed E-state index contributed by atoms with van der Waals surface area (Å²) in [7, 11) is 0. The molecule has 6 heteroatoms. The quantitative estimate of drug-likeness (QED) is 0.0722. The third kappa shape index (κ3) is 15.9. The highest BCUT2D eigenvalue weighted by atomic mass is 79.9. The summed E-state index contributed by atoms with van der Waals surface area (Å²) in [5.41, 5.74) is 10.3. The van der Waals surface area contributed by atoms with E-state index >= 15 is 0 Å². The molecular formula is C48H68Br2N4. The summed E-state index contributed by atoms with van der Waals surface area (Å²) in [6.07, 6.45) is 31.5. The maximum Gasteiger partial charge on any atom is 0.172 e. The number of halogens is 2. The Morgan fingerprint density at radius 3 is 1.04 bits per heavy atom. The normalized spacial score (nSPS) is 11.1. The molecule has 0 unspecified atom stereocenters. The smallest absolute Gasteiger partial charge is 0.172 e. The molecule has 4 rings (SSSR count). The van der Waals surface area contributed by atoms with Crippen molar-refractivity contribution in [3.8, 4) is 0 Å². The molecule has 0 spiro atoms. The summed E-state index contributed by atoms with van der Waals surface area (Å²) >= 11 is 0. The molecule has 0 aliphatic heterocycles. The molecule has 0 aliphatic rings. The Hall–Kier alpha value is -3.22. The fourth-order valence-electron chi connectivity index (χ4n) is 7.14. The van der Waals surface area contributed by atoms with Gasteiger partial charge in [0.05, 0.1) is 0 Å². The number of benzene rings is 2. The van der Waals surface area contributed by atoms with Gasteiger partial charge in [-0.25, -0.2) is 9.13 Å². The fraction of sp³-hybridized carbons (Fsp3) is 0.458. The standard InChI is InChI=1S/C48H68N4.2BrH/c1-7-51(8-2)47-29-23-43(24-30-47)21-27-45-33-37-49(39-41(45)5)35-19-17-15-13-11-12-14-16-18-20-36-50-38-34-46(42(6)40-50)28-22-44-25-31-48(32-26-44)52(9-3)10-4;;/h21-34,37-40H,7-20,35-36H2,1-6H3;2*1H/q+2;;/p-2. The lowest BCUT2D eigenvalue weighted by atomic mass is 10.1. The van der Waals surface area contributed by atoms with Crippen molar-refractivity contribution in [2.24, 2.45) is 0 Å². The van der Waals surface area contributed by atoms with Crippen molar-refractivity contribution in [1.29, 1.82) is 0 Å². The molecule has 0 radical (unpaired) electrons. The van der Waals surface area contributed by atoms with Crippen molar-refractivity contribution >= 4 is 35.7 Å². The number of unbranched alkanes of at least 4 members (excludes halogenated alkanes) is 9. The summed E-state index contributed by atoms with van der Waals surface area (Å²) < 4.78 is 4.73. The molecule has 0 amide bonds. The average molecular weight is 861 g/mol. The van der Waals surface area contributed by atoms with Crippen molar-refractivity contribution < 1.29 is 43.1 Å². The molecule has 0 atom stereocenters. The maximum absolute atomic E-state index is 2.38. The first-order chi connectivity index (χ1) is 25.4. The van der Waals surface area contributed by atoms with E-state index in [1.54, 1.807) is 0 Å². The van der Waals surface area contributed by atoms with Crippen molar-refractivity contribution in [3.05, 3.63) is 119 Å². The molecule has 2 aromatic heterocycles. The van der Waals surface area contributed by atoms with Crippen LogP contribution < -0.4 is 52.9 Å². The van der Waals surface area contributed by atoms with E-state index in [4.69, 9.17) is 0 Å². The zero-order valence-electron chi connectivity index (χ0n) is 34.3. The zero-order valence-corrected chi connectivity index (χ0v) is 37.4. The minimum atomic E-state index is 0. The molecule has 0 saturated carbocycles. The maximum atomic E-state index is 2.38. The highest BCUT2D eigenvalue weighted by Crippen LogP contribution is 2.19. The van der Waals surface area contributed by atoms with Crippen LogP contribution in [0.3, 0.4) is 0 Å². The van der Waals surface area contributed by atoms with E-state index < -0.39 is 0 Å². The third-order valence-electron chi connectivity index (χ3n) is 10.6. The van der Waals surface area contributed by atoms with Gasteiger partial charge in [-0.2, -0.15) is 0 Å². The van der Waals surface area contributed by atoms with Crippen LogP contribution in [0.15, 0.2) is 85.5 Å². The Balaban J connectivity index is 0.00000504. The van der Waals surface area contributed by atoms with Crippen LogP contribution in [0.5, 0.6) is 0 Å². The van der Waals surface area contributed by atoms with Gasteiger partial charge in [0.25, 0.3) is 0 Å². The number of anilines is 2. The van der Waals surface area contributed by atoms with E-state index in [-0.39, 0.29) is 34.0 Å². The average Bonchev–Trinajstić information content (AvgIpc) is 3.16. The van der Waals surface area contributed by atoms with E-state index in [0.717, 1.165) is 39.3 Å². The second-order valence-electron chi connectivity index (χ2n) is 14.4. The fourth-order valence-corrected chi connectivity index (χ4v) is 7.14. The summed E-state index contributed by atoms with van der Waals surface area (Å²) in [5, 5.41) is 0. The summed E-state index contributed by atoms with van der Waals surface area (Å²) in [6.45, 7) is 19.7. The van der Waals surface area contributed by atoms with Crippen LogP contribution in [0.1, 0.15) is 125 Å². The Kier molecular flexibility index (Phi) is 23.1. The lowest BCUT2D eigenvalue weighted by Gasteiger charge is -2.20. The van der Waals surface area contributed by atoms with E-state index in [1.807, 2.05) is 0 Å². The molecule has 0 bridgehead atoms. The first kappa shape index (κ1) is 46.9. The Morgan fingerprint density at radius 1 is 0.426 bits per heavy atom. The summed E-state index contributed by atoms with van der Waals surface area (Å²) in [4.78, 5) is 4.76. The largest absolute Gasteiger partial charge is 1.00 e. The van der Waals surface area contributed by atoms with E-state index in [1.165, 1.54) is 109 Å². The lowest BCUT2D eigenvalue weighted by molar-refractivity contribution is -0.697. The molecule has 2 heterocycles. The van der Waals surface area contributed by atoms with Crippen LogP contribution in [-0.2, 0) is 13.1 Å². The Morgan fingerprint density at radius 2 is 0.741 bits per heavy atom. The van der Waals surface area contributed by atoms with Crippen molar-refractivity contribution in [1.82, 2.24) is 0 Å². The van der Waals surface area contributed by atoms with Gasteiger partial charge in [0.1, 0.15) is 13.1 Å². The molecule has 2 aromatic carbocycles. The molecule has 294 valence electrons. The zero-order chi connectivity index (χ0) is 37.0. The third-order valence-corrected chi connectivity index (χ3v) is 10.6. The number of pyridine rings is 2. The van der Waals surface area contributed by atoms with Gasteiger partial charge >= 0.3 is 0 Å². The first-order valence-electron chi connectivity index (χ1n) is 20.5. The van der Waals surface area contributed by atoms with Gasteiger partial charge in [-0.05, 0) is 101 Å². The van der Waals surface area contributed by atoms with Gasteiger partial charge in [-0.15, -0.1) is 0 Å². The number of aryl methyl sites for hydroxylation is 4. The molecule has 0 saturated heterocycles. The summed E-state index contributed by atoms with van der Waals surface area (Å²) in [6, 6.07) is 22.3. The predicted octanol–water partition coefficient (Wildman–Crippen LogP) is 5.52. The molecule has 0 N–H and O–H groups in total. The topological polar surface area (TPSA) is 14.2 Å². The number of hydrogen-bond acceptors (Lipinski definition) is 2. The second kappa shape index (κ2) is 26.6.